The number of nitrogens with two attached hydrogens (primary N) is 2. The van der Waals surface area contributed by atoms with Crippen LogP contribution in [0.5, 0.6) is 0 Å². The summed E-state index contributed by atoms with van der Waals surface area (Å²) in [4.78, 5) is 27.7. The highest BCUT2D eigenvalue weighted by Gasteiger charge is 2.28. The van der Waals surface area contributed by atoms with E-state index in [9.17, 15) is 18.0 Å². The molecular formula is C25H20N8O4S. The number of hydrogen-bond acceptors (Lipinski definition) is 6. The summed E-state index contributed by atoms with van der Waals surface area (Å²) in [5, 5.41) is 16.0. The van der Waals surface area contributed by atoms with Gasteiger partial charge in [-0.05, 0) is 72.5 Å². The summed E-state index contributed by atoms with van der Waals surface area (Å²) in [6, 6.07) is 17.4. The van der Waals surface area contributed by atoms with E-state index in [1.807, 2.05) is 6.07 Å². The Morgan fingerprint density at radius 2 is 1.74 bits per heavy atom. The van der Waals surface area contributed by atoms with Crippen LogP contribution in [0.25, 0.3) is 27.4 Å². The Bertz CT molecular complexity index is 1750. The van der Waals surface area contributed by atoms with Gasteiger partial charge in [-0.3, -0.25) is 9.59 Å². The van der Waals surface area contributed by atoms with E-state index in [1.54, 1.807) is 41.1 Å². The van der Waals surface area contributed by atoms with Crippen LogP contribution in [0.1, 0.15) is 32.0 Å². The first-order valence-corrected chi connectivity index (χ1v) is 12.8. The molecule has 13 heteroatoms. The van der Waals surface area contributed by atoms with Crippen molar-refractivity contribution in [2.24, 2.45) is 16.0 Å². The molecule has 5 N–H and O–H groups in total. The van der Waals surface area contributed by atoms with Crippen molar-refractivity contribution >= 4 is 33.2 Å². The molecule has 0 spiro atoms. The molecule has 38 heavy (non-hydrogen) atoms. The van der Waals surface area contributed by atoms with Crippen molar-refractivity contribution in [2.45, 2.75) is 17.7 Å². The molecule has 2 amide bonds. The molecule has 0 unspecified atom stereocenters. The van der Waals surface area contributed by atoms with E-state index in [-0.39, 0.29) is 16.5 Å². The first kappa shape index (κ1) is 24.7. The van der Waals surface area contributed by atoms with Crippen molar-refractivity contribution < 1.29 is 18.0 Å². The van der Waals surface area contributed by atoms with Crippen LogP contribution in [0.15, 0.2) is 76.7 Å². The Kier molecular flexibility index (Phi) is 6.17. The zero-order valence-electron chi connectivity index (χ0n) is 19.7. The van der Waals surface area contributed by atoms with Gasteiger partial charge in [-0.2, -0.15) is 5.10 Å². The molecule has 0 saturated heterocycles. The molecular weight excluding hydrogens is 508 g/mol. The maximum atomic E-state index is 12.8. The fourth-order valence-corrected chi connectivity index (χ4v) is 4.93. The highest BCUT2D eigenvalue weighted by Crippen LogP contribution is 2.38. The molecule has 0 radical (unpaired) electrons. The normalized spacial score (nSPS) is 12.1. The van der Waals surface area contributed by atoms with Gasteiger partial charge in [0.15, 0.2) is 5.69 Å². The summed E-state index contributed by atoms with van der Waals surface area (Å²) < 4.78 is 24.9. The number of fused-ring (bicyclic) bond motifs is 3. The summed E-state index contributed by atoms with van der Waals surface area (Å²) >= 11 is 0. The van der Waals surface area contributed by atoms with Crippen LogP contribution in [0.3, 0.4) is 0 Å². The number of benzene rings is 3. The topological polar surface area (TPSA) is 199 Å². The summed E-state index contributed by atoms with van der Waals surface area (Å²) in [5.74, 6) is -1.04. The van der Waals surface area contributed by atoms with E-state index in [0.29, 0.717) is 46.7 Å². The number of sulfonamides is 1. The molecule has 1 aromatic heterocycles. The zero-order valence-corrected chi connectivity index (χ0v) is 20.5. The maximum absolute atomic E-state index is 12.8. The maximum Gasteiger partial charge on any atom is 0.269 e. The quantitative estimate of drug-likeness (QED) is 0.195. The van der Waals surface area contributed by atoms with Gasteiger partial charge in [0.2, 0.25) is 10.0 Å². The van der Waals surface area contributed by atoms with E-state index < -0.39 is 15.9 Å². The molecule has 1 heterocycles. The van der Waals surface area contributed by atoms with Gasteiger partial charge in [-0.1, -0.05) is 23.3 Å². The Balaban J connectivity index is 1.55. The number of primary sulfonamides is 1. The predicted octanol–water partition coefficient (Wildman–Crippen LogP) is 3.58. The van der Waals surface area contributed by atoms with Gasteiger partial charge >= 0.3 is 0 Å². The van der Waals surface area contributed by atoms with Crippen molar-refractivity contribution in [3.05, 3.63) is 99.6 Å². The van der Waals surface area contributed by atoms with E-state index in [1.165, 1.54) is 24.3 Å². The van der Waals surface area contributed by atoms with E-state index >= 15 is 0 Å². The molecule has 1 aliphatic rings. The SMILES string of the molecule is [N-]=[N+]=Nc1ccc(C(=O)Nc2ccc3c(c2)-c2c(c(C(N)=O)nn2-c2ccc(S(N)(=O)=O)cc2)CC3)cc1. The number of aromatic nitrogens is 2. The first-order chi connectivity index (χ1) is 18.2. The van der Waals surface area contributed by atoms with Crippen LogP contribution >= 0.6 is 0 Å². The Morgan fingerprint density at radius 3 is 2.37 bits per heavy atom. The van der Waals surface area contributed by atoms with E-state index in [4.69, 9.17) is 16.4 Å². The lowest BCUT2D eigenvalue weighted by atomic mass is 9.88. The van der Waals surface area contributed by atoms with Gasteiger partial charge in [0.05, 0.1) is 16.3 Å². The number of primary amides is 1. The van der Waals surface area contributed by atoms with Gasteiger partial charge in [0, 0.05) is 33.0 Å². The van der Waals surface area contributed by atoms with Crippen molar-refractivity contribution in [2.75, 3.05) is 5.32 Å². The molecule has 3 aromatic carbocycles. The summed E-state index contributed by atoms with van der Waals surface area (Å²) in [5.41, 5.74) is 19.1. The van der Waals surface area contributed by atoms with Crippen molar-refractivity contribution in [3.8, 4) is 16.9 Å². The molecule has 1 aliphatic carbocycles. The number of nitrogens with zero attached hydrogens (tertiary/aromatic N) is 5. The average Bonchev–Trinajstić information content (AvgIpc) is 3.29. The molecule has 190 valence electrons. The molecule has 0 aliphatic heterocycles. The lowest BCUT2D eigenvalue weighted by molar-refractivity contribution is 0.0992. The summed E-state index contributed by atoms with van der Waals surface area (Å²) in [6.45, 7) is 0. The van der Waals surface area contributed by atoms with Gasteiger partial charge in [-0.15, -0.1) is 0 Å². The lowest BCUT2D eigenvalue weighted by Gasteiger charge is -2.20. The van der Waals surface area contributed by atoms with Crippen LogP contribution in [0.4, 0.5) is 11.4 Å². The van der Waals surface area contributed by atoms with Crippen LogP contribution in [-0.4, -0.2) is 30.0 Å². The van der Waals surface area contributed by atoms with Crippen LogP contribution in [0, 0.1) is 0 Å². The molecule has 12 nitrogen and oxygen atoms in total. The third kappa shape index (κ3) is 4.60. The van der Waals surface area contributed by atoms with E-state index in [0.717, 1.165) is 11.1 Å². The molecule has 0 bridgehead atoms. The average molecular weight is 529 g/mol. The highest BCUT2D eigenvalue weighted by molar-refractivity contribution is 7.89. The fourth-order valence-electron chi connectivity index (χ4n) is 4.41. The third-order valence-electron chi connectivity index (χ3n) is 6.18. The van der Waals surface area contributed by atoms with Crippen molar-refractivity contribution in [1.82, 2.24) is 9.78 Å². The van der Waals surface area contributed by atoms with Gasteiger partial charge in [-0.25, -0.2) is 18.2 Å². The summed E-state index contributed by atoms with van der Waals surface area (Å²) in [7, 11) is -3.89. The third-order valence-corrected chi connectivity index (χ3v) is 7.11. The number of rotatable bonds is 6. The fraction of sp³-hybridized carbons (Fsp3) is 0.0800. The highest BCUT2D eigenvalue weighted by atomic mass is 32.2. The molecule has 0 fully saturated rings. The number of amides is 2. The van der Waals surface area contributed by atoms with Crippen LogP contribution < -0.4 is 16.2 Å². The second-order valence-corrected chi connectivity index (χ2v) is 10.1. The number of carbonyl (C=O) groups is 2. The number of anilines is 1. The minimum atomic E-state index is -3.89. The molecule has 5 rings (SSSR count). The second kappa shape index (κ2) is 9.48. The number of nitrogens with one attached hydrogen (secondary N) is 1. The number of aryl methyl sites for hydroxylation is 1. The zero-order chi connectivity index (χ0) is 27.0. The molecule has 4 aromatic rings. The standard InChI is InChI=1S/C25H20N8O4S/c26-24(34)22-20-12-4-14-1-7-17(29-25(35)15-2-5-16(6-3-15)30-32-27)13-21(14)23(20)33(31-22)18-8-10-19(11-9-18)38(28,36)37/h1-3,5-11,13H,4,12H2,(H2,26,34)(H,29,35)(H2,28,36,37). The van der Waals surface area contributed by atoms with Crippen molar-refractivity contribution in [1.29, 1.82) is 0 Å². The Labute approximate surface area is 216 Å². The molecule has 0 saturated carbocycles. The Morgan fingerprint density at radius 1 is 1.03 bits per heavy atom. The monoisotopic (exact) mass is 528 g/mol. The Hall–Kier alpha value is -4.97. The van der Waals surface area contributed by atoms with Gasteiger partial charge < -0.3 is 11.1 Å². The molecule has 0 atom stereocenters. The van der Waals surface area contributed by atoms with Crippen LogP contribution in [0.2, 0.25) is 0 Å². The van der Waals surface area contributed by atoms with Gasteiger partial charge in [0.1, 0.15) is 0 Å². The second-order valence-electron chi connectivity index (χ2n) is 8.55. The van der Waals surface area contributed by atoms with E-state index in [2.05, 4.69) is 20.4 Å². The van der Waals surface area contributed by atoms with Crippen LogP contribution in [-0.2, 0) is 22.9 Å². The number of azide groups is 1. The lowest BCUT2D eigenvalue weighted by Crippen LogP contribution is -2.15. The van der Waals surface area contributed by atoms with Crippen molar-refractivity contribution in [3.63, 3.8) is 0 Å². The minimum absolute atomic E-state index is 0.0599. The first-order valence-electron chi connectivity index (χ1n) is 11.3. The summed E-state index contributed by atoms with van der Waals surface area (Å²) in [6.07, 6.45) is 1.16. The smallest absolute Gasteiger partial charge is 0.269 e. The predicted molar refractivity (Wildman–Crippen MR) is 140 cm³/mol. The number of hydrogen-bond donors (Lipinski definition) is 3. The van der Waals surface area contributed by atoms with Gasteiger partial charge in [0.25, 0.3) is 11.8 Å². The minimum Gasteiger partial charge on any atom is -0.364 e. The largest absolute Gasteiger partial charge is 0.364 e. The number of carbonyl (C=O) groups excluding carboxylic acids is 2.